The van der Waals surface area contributed by atoms with Crippen molar-refractivity contribution in [3.63, 3.8) is 0 Å². The lowest BCUT2D eigenvalue weighted by Crippen LogP contribution is -2.52. The van der Waals surface area contributed by atoms with Crippen LogP contribution in [0.5, 0.6) is 0 Å². The zero-order chi connectivity index (χ0) is 17.1. The molecule has 1 fully saturated rings. The predicted molar refractivity (Wildman–Crippen MR) is 78.3 cm³/mol. The minimum absolute atomic E-state index is 0.0179. The number of hydrogen-bond acceptors (Lipinski definition) is 7. The molecule has 1 aliphatic heterocycles. The lowest BCUT2D eigenvalue weighted by Gasteiger charge is -2.41. The largest absolute Gasteiger partial charge is 0.468 e. The summed E-state index contributed by atoms with van der Waals surface area (Å²) in [5.74, 6) is -1.84. The summed E-state index contributed by atoms with van der Waals surface area (Å²) in [5, 5.41) is 0. The number of hydrogen-bond donors (Lipinski definition) is 0. The molecule has 7 nitrogen and oxygen atoms in total. The molecule has 1 atom stereocenters. The first-order valence-corrected chi connectivity index (χ1v) is 7.64. The molecule has 2 rings (SSSR count). The quantitative estimate of drug-likeness (QED) is 0.435. The monoisotopic (exact) mass is 326 g/mol. The van der Waals surface area contributed by atoms with Gasteiger partial charge in [0.05, 0.1) is 26.4 Å². The van der Waals surface area contributed by atoms with Gasteiger partial charge in [0.15, 0.2) is 5.41 Å². The molecule has 128 valence electrons. The first kappa shape index (κ1) is 17.5. The molecule has 23 heavy (non-hydrogen) atoms. The topological polar surface area (TPSA) is 88.1 Å². The Bertz CT molecular complexity index is 513. The summed E-state index contributed by atoms with van der Waals surface area (Å²) < 4.78 is 20.6. The molecule has 1 unspecified atom stereocenters. The predicted octanol–water partition coefficient (Wildman–Crippen LogP) is 1.15. The molecule has 1 aliphatic carbocycles. The average Bonchev–Trinajstić information content (AvgIpc) is 3.01. The lowest BCUT2D eigenvalue weighted by molar-refractivity contribution is -0.176. The van der Waals surface area contributed by atoms with Gasteiger partial charge in [-0.1, -0.05) is 6.08 Å². The number of allylic oxidation sites excluding steroid dienone is 1. The van der Waals surface area contributed by atoms with E-state index >= 15 is 0 Å². The third-order valence-corrected chi connectivity index (χ3v) is 4.48. The maximum absolute atomic E-state index is 12.3. The fraction of sp³-hybridized carbons (Fsp3) is 0.688. The van der Waals surface area contributed by atoms with Gasteiger partial charge in [-0.3, -0.25) is 9.59 Å². The van der Waals surface area contributed by atoms with Crippen molar-refractivity contribution in [2.24, 2.45) is 5.41 Å². The van der Waals surface area contributed by atoms with E-state index in [1.54, 1.807) is 13.0 Å². The number of methoxy groups -OCH3 is 2. The normalized spacial score (nSPS) is 25.6. The Morgan fingerprint density at radius 3 is 2.35 bits per heavy atom. The van der Waals surface area contributed by atoms with E-state index in [4.69, 9.17) is 18.9 Å². The molecule has 0 radical (unpaired) electrons. The highest BCUT2D eigenvalue weighted by atomic mass is 16.6. The second-order valence-electron chi connectivity index (χ2n) is 5.73. The molecule has 0 aromatic heterocycles. The Labute approximate surface area is 134 Å². The molecule has 0 amide bonds. The van der Waals surface area contributed by atoms with E-state index in [0.29, 0.717) is 18.6 Å². The van der Waals surface area contributed by atoms with E-state index in [2.05, 4.69) is 0 Å². The third-order valence-electron chi connectivity index (χ3n) is 4.48. The van der Waals surface area contributed by atoms with E-state index in [9.17, 15) is 14.4 Å². The van der Waals surface area contributed by atoms with Crippen molar-refractivity contribution >= 4 is 17.9 Å². The summed E-state index contributed by atoms with van der Waals surface area (Å²) in [4.78, 5) is 36.9. The molecule has 0 bridgehead atoms. The van der Waals surface area contributed by atoms with E-state index < -0.39 is 28.9 Å². The van der Waals surface area contributed by atoms with Gasteiger partial charge in [-0.05, 0) is 26.2 Å². The van der Waals surface area contributed by atoms with Gasteiger partial charge < -0.3 is 18.9 Å². The highest BCUT2D eigenvalue weighted by Crippen LogP contribution is 2.49. The van der Waals surface area contributed by atoms with Crippen LogP contribution in [0.25, 0.3) is 0 Å². The van der Waals surface area contributed by atoms with Gasteiger partial charge in [0, 0.05) is 13.0 Å². The number of ether oxygens (including phenoxy) is 4. The van der Waals surface area contributed by atoms with Crippen LogP contribution in [0.4, 0.5) is 0 Å². The molecule has 7 heteroatoms. The fourth-order valence-electron chi connectivity index (χ4n) is 3.43. The van der Waals surface area contributed by atoms with Crippen LogP contribution in [-0.4, -0.2) is 50.9 Å². The Morgan fingerprint density at radius 1 is 1.22 bits per heavy atom. The zero-order valence-electron chi connectivity index (χ0n) is 13.7. The van der Waals surface area contributed by atoms with Crippen LogP contribution in [0.15, 0.2) is 11.6 Å². The summed E-state index contributed by atoms with van der Waals surface area (Å²) in [7, 11) is 2.44. The van der Waals surface area contributed by atoms with Gasteiger partial charge in [0.2, 0.25) is 0 Å². The molecule has 0 saturated carbocycles. The minimum atomic E-state index is -1.50. The van der Waals surface area contributed by atoms with Crippen LogP contribution >= 0.6 is 0 Å². The van der Waals surface area contributed by atoms with Crippen molar-refractivity contribution < 1.29 is 33.3 Å². The molecule has 0 aromatic carbocycles. The van der Waals surface area contributed by atoms with Crippen LogP contribution in [0.3, 0.4) is 0 Å². The SMILES string of the molecule is CCOC(=O)C1=CCC(C(=O)OC)(C(=O)OC)CC12CCCO2. The number of rotatable bonds is 4. The maximum atomic E-state index is 12.3. The van der Waals surface area contributed by atoms with Gasteiger partial charge in [-0.2, -0.15) is 0 Å². The third kappa shape index (κ3) is 2.85. The second kappa shape index (κ2) is 6.70. The standard InChI is InChI=1S/C16H22O7/c1-4-22-12(17)11-6-8-15(13(18)20-2,14(19)21-3)10-16(11)7-5-9-23-16/h6H,4-5,7-10H2,1-3H3. The van der Waals surface area contributed by atoms with Crippen molar-refractivity contribution in [3.05, 3.63) is 11.6 Å². The summed E-state index contributed by atoms with van der Waals surface area (Å²) in [5.41, 5.74) is -2.13. The maximum Gasteiger partial charge on any atom is 0.336 e. The van der Waals surface area contributed by atoms with Crippen LogP contribution in [-0.2, 0) is 33.3 Å². The molecule has 0 aromatic rings. The van der Waals surface area contributed by atoms with Gasteiger partial charge in [-0.15, -0.1) is 0 Å². The summed E-state index contributed by atoms with van der Waals surface area (Å²) in [6, 6.07) is 0. The minimum Gasteiger partial charge on any atom is -0.468 e. The molecule has 1 heterocycles. The van der Waals surface area contributed by atoms with Gasteiger partial charge in [0.25, 0.3) is 0 Å². The lowest BCUT2D eigenvalue weighted by atomic mass is 9.66. The molecule has 1 saturated heterocycles. The second-order valence-corrected chi connectivity index (χ2v) is 5.73. The van der Waals surface area contributed by atoms with Gasteiger partial charge in [-0.25, -0.2) is 4.79 Å². The summed E-state index contributed by atoms with van der Waals surface area (Å²) in [6.45, 7) is 2.41. The van der Waals surface area contributed by atoms with Crippen molar-refractivity contribution in [1.29, 1.82) is 0 Å². The van der Waals surface area contributed by atoms with Crippen molar-refractivity contribution in [3.8, 4) is 0 Å². The highest BCUT2D eigenvalue weighted by molar-refractivity contribution is 6.02. The summed E-state index contributed by atoms with van der Waals surface area (Å²) in [6.07, 6.45) is 2.86. The van der Waals surface area contributed by atoms with Crippen LogP contribution in [0, 0.1) is 5.41 Å². The van der Waals surface area contributed by atoms with Gasteiger partial charge in [0.1, 0.15) is 5.60 Å². The first-order chi connectivity index (χ1) is 11.0. The smallest absolute Gasteiger partial charge is 0.336 e. The van der Waals surface area contributed by atoms with E-state index in [-0.39, 0.29) is 19.4 Å². The van der Waals surface area contributed by atoms with E-state index in [1.807, 2.05) is 0 Å². The number of carbonyl (C=O) groups excluding carboxylic acids is 3. The molecule has 0 N–H and O–H groups in total. The van der Waals surface area contributed by atoms with Crippen molar-refractivity contribution in [1.82, 2.24) is 0 Å². The van der Waals surface area contributed by atoms with Crippen molar-refractivity contribution in [2.75, 3.05) is 27.4 Å². The van der Waals surface area contributed by atoms with E-state index in [1.165, 1.54) is 14.2 Å². The highest BCUT2D eigenvalue weighted by Gasteiger charge is 2.59. The fourth-order valence-corrected chi connectivity index (χ4v) is 3.43. The molecule has 1 spiro atoms. The zero-order valence-corrected chi connectivity index (χ0v) is 13.7. The Kier molecular flexibility index (Phi) is 5.09. The van der Waals surface area contributed by atoms with Crippen LogP contribution in [0.1, 0.15) is 32.6 Å². The number of esters is 3. The van der Waals surface area contributed by atoms with Crippen molar-refractivity contribution in [2.45, 2.75) is 38.2 Å². The van der Waals surface area contributed by atoms with Crippen LogP contribution < -0.4 is 0 Å². The average molecular weight is 326 g/mol. The van der Waals surface area contributed by atoms with Gasteiger partial charge >= 0.3 is 17.9 Å². The van der Waals surface area contributed by atoms with Crippen LogP contribution in [0.2, 0.25) is 0 Å². The number of carbonyl (C=O) groups is 3. The Morgan fingerprint density at radius 2 is 1.87 bits per heavy atom. The molecular formula is C16H22O7. The molecular weight excluding hydrogens is 304 g/mol. The Balaban J connectivity index is 2.47. The Hall–Kier alpha value is -1.89. The van der Waals surface area contributed by atoms with E-state index in [0.717, 1.165) is 6.42 Å². The first-order valence-electron chi connectivity index (χ1n) is 7.64. The summed E-state index contributed by atoms with van der Waals surface area (Å²) >= 11 is 0. The molecule has 2 aliphatic rings.